The highest BCUT2D eigenvalue weighted by molar-refractivity contribution is 5.88. The summed E-state index contributed by atoms with van der Waals surface area (Å²) in [5.41, 5.74) is -0.505. The number of nitro groups is 1. The number of aromatic carboxylic acids is 1. The number of aliphatic hydroxyl groups excluding tert-OH is 1. The highest BCUT2D eigenvalue weighted by atomic mass is 16.6. The third kappa shape index (κ3) is 3.27. The van der Waals surface area contributed by atoms with E-state index in [0.717, 1.165) is 25.1 Å². The van der Waals surface area contributed by atoms with Crippen molar-refractivity contribution in [2.75, 3.05) is 18.0 Å². The van der Waals surface area contributed by atoms with E-state index in [9.17, 15) is 20.0 Å². The zero-order chi connectivity index (χ0) is 15.6. The molecule has 1 unspecified atom stereocenters. The van der Waals surface area contributed by atoms with E-state index in [-0.39, 0.29) is 23.0 Å². The van der Waals surface area contributed by atoms with Crippen LogP contribution in [0.25, 0.3) is 0 Å². The van der Waals surface area contributed by atoms with Gasteiger partial charge in [-0.05, 0) is 25.7 Å². The minimum absolute atomic E-state index is 0.179. The molecule has 1 aromatic rings. The van der Waals surface area contributed by atoms with E-state index in [4.69, 9.17) is 5.11 Å². The van der Waals surface area contributed by atoms with Crippen LogP contribution >= 0.6 is 0 Å². The summed E-state index contributed by atoms with van der Waals surface area (Å²) in [6.45, 7) is 2.84. The highest BCUT2D eigenvalue weighted by Crippen LogP contribution is 2.30. The van der Waals surface area contributed by atoms with Crippen LogP contribution in [0.3, 0.4) is 0 Å². The zero-order valence-electron chi connectivity index (χ0n) is 11.6. The summed E-state index contributed by atoms with van der Waals surface area (Å²) < 4.78 is 0. The fourth-order valence-corrected chi connectivity index (χ4v) is 2.53. The molecule has 1 saturated heterocycles. The Kier molecular flexibility index (Phi) is 4.37. The van der Waals surface area contributed by atoms with Gasteiger partial charge in [0.2, 0.25) is 5.82 Å². The number of aromatic nitrogens is 1. The topological polar surface area (TPSA) is 117 Å². The summed E-state index contributed by atoms with van der Waals surface area (Å²) in [6.07, 6.45) is 2.17. The largest absolute Gasteiger partial charge is 0.478 e. The molecule has 0 amide bonds. The molecular formula is C13H17N3O5. The molecule has 0 bridgehead atoms. The van der Waals surface area contributed by atoms with Gasteiger partial charge >= 0.3 is 11.7 Å². The maximum Gasteiger partial charge on any atom is 0.337 e. The first-order chi connectivity index (χ1) is 9.90. The minimum atomic E-state index is -1.25. The Bertz CT molecular complexity index is 553. The van der Waals surface area contributed by atoms with E-state index in [1.165, 1.54) is 0 Å². The Hall–Kier alpha value is -2.22. The molecule has 0 saturated carbocycles. The number of anilines is 1. The van der Waals surface area contributed by atoms with Crippen molar-refractivity contribution in [1.29, 1.82) is 0 Å². The molecule has 0 aliphatic carbocycles. The number of nitrogens with zero attached hydrogens (tertiary/aromatic N) is 3. The van der Waals surface area contributed by atoms with Crippen LogP contribution in [0.1, 0.15) is 30.1 Å². The summed E-state index contributed by atoms with van der Waals surface area (Å²) in [6, 6.07) is 1.03. The van der Waals surface area contributed by atoms with Gasteiger partial charge in [-0.15, -0.1) is 0 Å². The van der Waals surface area contributed by atoms with Gasteiger partial charge in [0.15, 0.2) is 0 Å². The molecule has 8 heteroatoms. The molecule has 1 aromatic heterocycles. The van der Waals surface area contributed by atoms with Gasteiger partial charge in [0.05, 0.1) is 16.6 Å². The summed E-state index contributed by atoms with van der Waals surface area (Å²) >= 11 is 0. The number of piperidine rings is 1. The van der Waals surface area contributed by atoms with Crippen LogP contribution in [0.5, 0.6) is 0 Å². The first-order valence-electron chi connectivity index (χ1n) is 6.71. The van der Waals surface area contributed by atoms with Crippen LogP contribution in [0.15, 0.2) is 12.3 Å². The Balaban J connectivity index is 2.24. The van der Waals surface area contributed by atoms with Gasteiger partial charge in [-0.3, -0.25) is 10.1 Å². The van der Waals surface area contributed by atoms with Gasteiger partial charge in [0, 0.05) is 25.4 Å². The quantitative estimate of drug-likeness (QED) is 0.634. The molecule has 1 aliphatic rings. The van der Waals surface area contributed by atoms with Gasteiger partial charge in [0.1, 0.15) is 0 Å². The van der Waals surface area contributed by atoms with E-state index in [1.54, 1.807) is 11.8 Å². The standard InChI is InChI=1S/C13H17N3O5/c1-8(17)9-2-4-15(5-3-9)12-11(16(20)21)6-10(7-14-12)13(18)19/h6-9,17H,2-5H2,1H3,(H,18,19). The second kappa shape index (κ2) is 6.04. The number of carbonyl (C=O) groups is 1. The fourth-order valence-electron chi connectivity index (χ4n) is 2.53. The van der Waals surface area contributed by atoms with E-state index in [0.29, 0.717) is 13.1 Å². The number of carboxylic acids is 1. The SMILES string of the molecule is CC(O)C1CCN(c2ncc(C(=O)O)cc2[N+](=O)[O-])CC1. The molecule has 0 aromatic carbocycles. The molecule has 2 rings (SSSR count). The van der Waals surface area contributed by atoms with Gasteiger partial charge in [-0.1, -0.05) is 0 Å². The van der Waals surface area contributed by atoms with E-state index < -0.39 is 17.0 Å². The van der Waals surface area contributed by atoms with Crippen molar-refractivity contribution in [3.63, 3.8) is 0 Å². The number of pyridine rings is 1. The minimum Gasteiger partial charge on any atom is -0.478 e. The Labute approximate surface area is 121 Å². The van der Waals surface area contributed by atoms with Crippen molar-refractivity contribution < 1.29 is 19.9 Å². The molecule has 21 heavy (non-hydrogen) atoms. The molecule has 2 N–H and O–H groups in total. The summed E-state index contributed by atoms with van der Waals surface area (Å²) in [5, 5.41) is 29.6. The van der Waals surface area contributed by atoms with Crippen molar-refractivity contribution >= 4 is 17.5 Å². The number of carboxylic acid groups (broad SMARTS) is 1. The fraction of sp³-hybridized carbons (Fsp3) is 0.538. The third-order valence-electron chi connectivity index (χ3n) is 3.81. The number of aliphatic hydroxyl groups is 1. The van der Waals surface area contributed by atoms with Gasteiger partial charge < -0.3 is 15.1 Å². The maximum absolute atomic E-state index is 11.1. The molecule has 1 atom stereocenters. The average Bonchev–Trinajstić information content (AvgIpc) is 2.46. The van der Waals surface area contributed by atoms with Crippen molar-refractivity contribution in [2.45, 2.75) is 25.9 Å². The second-order valence-corrected chi connectivity index (χ2v) is 5.19. The lowest BCUT2D eigenvalue weighted by Gasteiger charge is -2.33. The maximum atomic E-state index is 11.1. The Morgan fingerprint density at radius 2 is 2.14 bits per heavy atom. The van der Waals surface area contributed by atoms with Crippen LogP contribution < -0.4 is 4.90 Å². The lowest BCUT2D eigenvalue weighted by Crippen LogP contribution is -2.37. The molecule has 0 spiro atoms. The predicted octanol–water partition coefficient (Wildman–Crippen LogP) is 1.29. The number of hydrogen-bond donors (Lipinski definition) is 2. The van der Waals surface area contributed by atoms with Crippen LogP contribution in [0.4, 0.5) is 11.5 Å². The van der Waals surface area contributed by atoms with Crippen molar-refractivity contribution in [2.24, 2.45) is 5.92 Å². The molecule has 114 valence electrons. The molecule has 0 radical (unpaired) electrons. The molecule has 1 fully saturated rings. The van der Waals surface area contributed by atoms with Crippen molar-refractivity contribution in [3.05, 3.63) is 27.9 Å². The molecule has 2 heterocycles. The monoisotopic (exact) mass is 295 g/mol. The van der Waals surface area contributed by atoms with Crippen molar-refractivity contribution in [3.8, 4) is 0 Å². The Morgan fingerprint density at radius 1 is 1.52 bits per heavy atom. The van der Waals surface area contributed by atoms with Crippen LogP contribution in [0.2, 0.25) is 0 Å². The normalized spacial score (nSPS) is 17.5. The van der Waals surface area contributed by atoms with Gasteiger partial charge in [-0.2, -0.15) is 0 Å². The lowest BCUT2D eigenvalue weighted by molar-refractivity contribution is -0.384. The second-order valence-electron chi connectivity index (χ2n) is 5.19. The smallest absolute Gasteiger partial charge is 0.337 e. The summed E-state index contributed by atoms with van der Waals surface area (Å²) in [5.74, 6) is -0.877. The van der Waals surface area contributed by atoms with E-state index >= 15 is 0 Å². The van der Waals surface area contributed by atoms with Crippen LogP contribution in [-0.4, -0.2) is 45.3 Å². The van der Waals surface area contributed by atoms with Gasteiger partial charge in [-0.25, -0.2) is 9.78 Å². The van der Waals surface area contributed by atoms with E-state index in [2.05, 4.69) is 4.98 Å². The predicted molar refractivity (Wildman–Crippen MR) is 74.5 cm³/mol. The number of hydrogen-bond acceptors (Lipinski definition) is 6. The average molecular weight is 295 g/mol. The first-order valence-corrected chi connectivity index (χ1v) is 6.71. The van der Waals surface area contributed by atoms with E-state index in [1.807, 2.05) is 0 Å². The highest BCUT2D eigenvalue weighted by Gasteiger charge is 2.28. The summed E-state index contributed by atoms with van der Waals surface area (Å²) in [4.78, 5) is 27.1. The molecule has 1 aliphatic heterocycles. The summed E-state index contributed by atoms with van der Waals surface area (Å²) in [7, 11) is 0. The van der Waals surface area contributed by atoms with Gasteiger partial charge in [0.25, 0.3) is 0 Å². The van der Waals surface area contributed by atoms with Crippen molar-refractivity contribution in [1.82, 2.24) is 4.98 Å². The first kappa shape index (κ1) is 15.2. The zero-order valence-corrected chi connectivity index (χ0v) is 11.6. The lowest BCUT2D eigenvalue weighted by atomic mass is 9.92. The Morgan fingerprint density at radius 3 is 2.62 bits per heavy atom. The van der Waals surface area contributed by atoms with Crippen LogP contribution in [0, 0.1) is 16.0 Å². The molecular weight excluding hydrogens is 278 g/mol. The molecule has 8 nitrogen and oxygen atoms in total. The number of rotatable bonds is 4. The van der Waals surface area contributed by atoms with Crippen LogP contribution in [-0.2, 0) is 0 Å². The third-order valence-corrected chi connectivity index (χ3v) is 3.81.